The van der Waals surface area contributed by atoms with Gasteiger partial charge in [-0.15, -0.1) is 0 Å². The summed E-state index contributed by atoms with van der Waals surface area (Å²) in [5, 5.41) is 8.45. The summed E-state index contributed by atoms with van der Waals surface area (Å²) in [5.41, 5.74) is 6.33. The molecule has 1 aromatic carbocycles. The smallest absolute Gasteiger partial charge is 0.303 e. The predicted octanol–water partition coefficient (Wildman–Crippen LogP) is 0.884. The van der Waals surface area contributed by atoms with Gasteiger partial charge in [-0.25, -0.2) is 8.42 Å². The Balaban J connectivity index is 2.70. The Hall–Kier alpha value is -1.96. The van der Waals surface area contributed by atoms with E-state index in [1.54, 1.807) is 0 Å². The van der Waals surface area contributed by atoms with Crippen LogP contribution in [0.3, 0.4) is 0 Å². The average molecular weight is 288 g/mol. The van der Waals surface area contributed by atoms with E-state index in [0.717, 1.165) is 0 Å². The van der Waals surface area contributed by atoms with E-state index in [1.165, 1.54) is 25.3 Å². The summed E-state index contributed by atoms with van der Waals surface area (Å²) in [5.74, 6) is -0.915. The fraction of sp³-hybridized carbons (Fsp3) is 0.364. The first-order chi connectivity index (χ1) is 8.84. The third kappa shape index (κ3) is 5.04. The van der Waals surface area contributed by atoms with Crippen LogP contribution in [0, 0.1) is 0 Å². The summed E-state index contributed by atoms with van der Waals surface area (Å²) < 4.78 is 30.7. The molecule has 4 N–H and O–H groups in total. The van der Waals surface area contributed by atoms with Crippen molar-refractivity contribution in [2.45, 2.75) is 12.8 Å². The van der Waals surface area contributed by atoms with Gasteiger partial charge in [0.1, 0.15) is 5.75 Å². The van der Waals surface area contributed by atoms with Gasteiger partial charge in [0, 0.05) is 12.5 Å². The highest BCUT2D eigenvalue weighted by molar-refractivity contribution is 7.92. The molecule has 0 aliphatic carbocycles. The van der Waals surface area contributed by atoms with Gasteiger partial charge in [0.05, 0.1) is 24.2 Å². The Labute approximate surface area is 111 Å². The van der Waals surface area contributed by atoms with E-state index >= 15 is 0 Å². The molecule has 0 aromatic heterocycles. The lowest BCUT2D eigenvalue weighted by atomic mass is 10.2. The molecule has 0 amide bonds. The summed E-state index contributed by atoms with van der Waals surface area (Å²) in [6.07, 6.45) is -0.136. The lowest BCUT2D eigenvalue weighted by Gasteiger charge is -2.10. The van der Waals surface area contributed by atoms with Crippen LogP contribution in [0.5, 0.6) is 5.75 Å². The van der Waals surface area contributed by atoms with Gasteiger partial charge in [-0.2, -0.15) is 0 Å². The molecular weight excluding hydrogens is 272 g/mol. The number of benzene rings is 1. The molecule has 0 spiro atoms. The van der Waals surface area contributed by atoms with Crippen LogP contribution < -0.4 is 15.2 Å². The van der Waals surface area contributed by atoms with Crippen molar-refractivity contribution in [1.29, 1.82) is 0 Å². The molecule has 0 atom stereocenters. The average Bonchev–Trinajstić information content (AvgIpc) is 2.30. The molecule has 0 aliphatic heterocycles. The molecule has 8 heteroatoms. The summed E-state index contributed by atoms with van der Waals surface area (Å²) >= 11 is 0. The van der Waals surface area contributed by atoms with Crippen molar-refractivity contribution in [3.63, 3.8) is 0 Å². The van der Waals surface area contributed by atoms with E-state index in [4.69, 9.17) is 15.6 Å². The second kappa shape index (κ2) is 6.28. The molecule has 0 fully saturated rings. The van der Waals surface area contributed by atoms with Crippen LogP contribution >= 0.6 is 0 Å². The normalized spacial score (nSPS) is 11.0. The maximum atomic E-state index is 11.7. The number of hydrogen-bond donors (Lipinski definition) is 3. The minimum absolute atomic E-state index is 0.0524. The second-order valence-electron chi connectivity index (χ2n) is 3.87. The number of hydrogen-bond acceptors (Lipinski definition) is 5. The molecule has 0 heterocycles. The number of ether oxygens (including phenoxy) is 1. The summed E-state index contributed by atoms with van der Waals surface area (Å²) in [4.78, 5) is 10.3. The highest BCUT2D eigenvalue weighted by Gasteiger charge is 2.12. The highest BCUT2D eigenvalue weighted by Crippen LogP contribution is 2.25. The van der Waals surface area contributed by atoms with E-state index in [9.17, 15) is 13.2 Å². The van der Waals surface area contributed by atoms with E-state index in [2.05, 4.69) is 4.72 Å². The number of nitrogens with one attached hydrogen (secondary N) is 1. The van der Waals surface area contributed by atoms with Crippen molar-refractivity contribution in [2.24, 2.45) is 0 Å². The zero-order valence-corrected chi connectivity index (χ0v) is 11.2. The Morgan fingerprint density at radius 1 is 1.47 bits per heavy atom. The molecule has 0 saturated heterocycles. The maximum absolute atomic E-state index is 11.7. The number of anilines is 2. The van der Waals surface area contributed by atoms with Gasteiger partial charge in [-0.3, -0.25) is 9.52 Å². The van der Waals surface area contributed by atoms with Gasteiger partial charge in [-0.05, 0) is 18.6 Å². The van der Waals surface area contributed by atoms with Crippen LogP contribution in [0.4, 0.5) is 11.4 Å². The Bertz CT molecular complexity index is 556. The lowest BCUT2D eigenvalue weighted by molar-refractivity contribution is -0.137. The fourth-order valence-corrected chi connectivity index (χ4v) is 2.53. The number of methoxy groups -OCH3 is 1. The molecule has 19 heavy (non-hydrogen) atoms. The highest BCUT2D eigenvalue weighted by atomic mass is 32.2. The molecule has 1 rings (SSSR count). The van der Waals surface area contributed by atoms with Gasteiger partial charge in [0.15, 0.2) is 0 Å². The molecule has 0 unspecified atom stereocenters. The number of carboxylic acids is 1. The number of aliphatic carboxylic acids is 1. The first-order valence-electron chi connectivity index (χ1n) is 5.50. The van der Waals surface area contributed by atoms with Crippen molar-refractivity contribution in [2.75, 3.05) is 23.3 Å². The van der Waals surface area contributed by atoms with Gasteiger partial charge < -0.3 is 15.6 Å². The monoisotopic (exact) mass is 288 g/mol. The second-order valence-corrected chi connectivity index (χ2v) is 5.72. The van der Waals surface area contributed by atoms with Crippen LogP contribution in [0.15, 0.2) is 18.2 Å². The topological polar surface area (TPSA) is 119 Å². The first-order valence-corrected chi connectivity index (χ1v) is 7.15. The number of carbonyl (C=O) groups is 1. The van der Waals surface area contributed by atoms with Crippen molar-refractivity contribution in [3.8, 4) is 5.75 Å². The van der Waals surface area contributed by atoms with Crippen LogP contribution in [-0.2, 0) is 14.8 Å². The molecule has 0 saturated carbocycles. The minimum atomic E-state index is -3.58. The van der Waals surface area contributed by atoms with E-state index in [1.807, 2.05) is 0 Å². The molecule has 0 radical (unpaired) electrons. The summed E-state index contributed by atoms with van der Waals surface area (Å²) in [6, 6.07) is 4.49. The van der Waals surface area contributed by atoms with E-state index < -0.39 is 16.0 Å². The maximum Gasteiger partial charge on any atom is 0.303 e. The van der Waals surface area contributed by atoms with Gasteiger partial charge in [0.25, 0.3) is 0 Å². The standard InChI is InChI=1S/C11H16N2O5S/c1-18-10-7-8(4-5-9(10)12)13-19(16,17)6-2-3-11(14)15/h4-5,7,13H,2-3,6,12H2,1H3,(H,14,15). The fourth-order valence-electron chi connectivity index (χ4n) is 1.42. The molecule has 1 aromatic rings. The quantitative estimate of drug-likeness (QED) is 0.641. The molecule has 106 valence electrons. The van der Waals surface area contributed by atoms with Crippen molar-refractivity contribution in [3.05, 3.63) is 18.2 Å². The van der Waals surface area contributed by atoms with E-state index in [-0.39, 0.29) is 18.6 Å². The molecular formula is C11H16N2O5S. The van der Waals surface area contributed by atoms with Crippen molar-refractivity contribution < 1.29 is 23.1 Å². The van der Waals surface area contributed by atoms with Crippen LogP contribution in [-0.4, -0.2) is 32.4 Å². The molecule has 7 nitrogen and oxygen atoms in total. The van der Waals surface area contributed by atoms with Crippen LogP contribution in [0.25, 0.3) is 0 Å². The first kappa shape index (κ1) is 15.1. The number of nitrogen functional groups attached to an aromatic ring is 1. The van der Waals surface area contributed by atoms with Crippen LogP contribution in [0.2, 0.25) is 0 Å². The predicted molar refractivity (Wildman–Crippen MR) is 71.7 cm³/mol. The Morgan fingerprint density at radius 2 is 2.16 bits per heavy atom. The zero-order valence-electron chi connectivity index (χ0n) is 10.4. The Morgan fingerprint density at radius 3 is 2.74 bits per heavy atom. The number of rotatable bonds is 7. The largest absolute Gasteiger partial charge is 0.495 e. The van der Waals surface area contributed by atoms with Gasteiger partial charge >= 0.3 is 5.97 Å². The lowest BCUT2D eigenvalue weighted by Crippen LogP contribution is -2.17. The third-order valence-corrected chi connectivity index (χ3v) is 3.68. The van der Waals surface area contributed by atoms with E-state index in [0.29, 0.717) is 17.1 Å². The van der Waals surface area contributed by atoms with Crippen molar-refractivity contribution >= 4 is 27.4 Å². The minimum Gasteiger partial charge on any atom is -0.495 e. The SMILES string of the molecule is COc1cc(NS(=O)(=O)CCCC(=O)O)ccc1N. The van der Waals surface area contributed by atoms with Crippen molar-refractivity contribution in [1.82, 2.24) is 0 Å². The summed E-state index contributed by atoms with van der Waals surface area (Å²) in [6.45, 7) is 0. The number of nitrogens with two attached hydrogens (primary N) is 1. The van der Waals surface area contributed by atoms with Gasteiger partial charge in [-0.1, -0.05) is 0 Å². The molecule has 0 bridgehead atoms. The van der Waals surface area contributed by atoms with Crippen LogP contribution in [0.1, 0.15) is 12.8 Å². The number of carboxylic acid groups (broad SMARTS) is 1. The number of sulfonamides is 1. The summed E-state index contributed by atoms with van der Waals surface area (Å²) in [7, 11) is -2.15. The molecule has 0 aliphatic rings. The Kier molecular flexibility index (Phi) is 4.99. The van der Waals surface area contributed by atoms with Gasteiger partial charge in [0.2, 0.25) is 10.0 Å². The zero-order chi connectivity index (χ0) is 14.5. The third-order valence-electron chi connectivity index (χ3n) is 2.31.